The Hall–Kier alpha value is -1.63. The van der Waals surface area contributed by atoms with Crippen LogP contribution in [0.3, 0.4) is 0 Å². The third kappa shape index (κ3) is 4.48. The van der Waals surface area contributed by atoms with E-state index in [9.17, 15) is 9.90 Å². The van der Waals surface area contributed by atoms with Crippen LogP contribution in [0.5, 0.6) is 0 Å². The van der Waals surface area contributed by atoms with Crippen molar-refractivity contribution in [1.82, 2.24) is 9.80 Å². The van der Waals surface area contributed by atoms with Gasteiger partial charge < -0.3 is 10.0 Å². The van der Waals surface area contributed by atoms with Crippen LogP contribution in [0, 0.1) is 28.6 Å². The van der Waals surface area contributed by atoms with Crippen molar-refractivity contribution in [1.29, 1.82) is 10.5 Å². The Morgan fingerprint density at radius 2 is 1.95 bits per heavy atom. The Morgan fingerprint density at radius 1 is 1.35 bits per heavy atom. The number of hydrogen-bond donors (Lipinski definition) is 1. The maximum absolute atomic E-state index is 12.3. The Morgan fingerprint density at radius 3 is 2.45 bits per heavy atom. The molecule has 6 nitrogen and oxygen atoms in total. The fourth-order valence-corrected chi connectivity index (χ4v) is 2.58. The lowest BCUT2D eigenvalue weighted by Gasteiger charge is -2.28. The number of carbonyl (C=O) groups is 1. The predicted octanol–water partition coefficient (Wildman–Crippen LogP) is 0.345. The van der Waals surface area contributed by atoms with Crippen LogP contribution in [0.1, 0.15) is 26.2 Å². The second-order valence-corrected chi connectivity index (χ2v) is 5.18. The molecule has 1 heterocycles. The molecule has 1 amide bonds. The van der Waals surface area contributed by atoms with Crippen molar-refractivity contribution in [2.24, 2.45) is 5.92 Å². The highest BCUT2D eigenvalue weighted by Crippen LogP contribution is 2.23. The largest absolute Gasteiger partial charge is 0.395 e. The molecule has 1 saturated heterocycles. The zero-order chi connectivity index (χ0) is 15.0. The number of nitriles is 2. The summed E-state index contributed by atoms with van der Waals surface area (Å²) < 4.78 is 0. The molecule has 0 saturated carbocycles. The molecule has 1 aliphatic rings. The molecule has 0 radical (unpaired) electrons. The molecule has 1 rings (SSSR count). The van der Waals surface area contributed by atoms with E-state index in [-0.39, 0.29) is 37.9 Å². The molecule has 0 aromatic heterocycles. The van der Waals surface area contributed by atoms with Crippen molar-refractivity contribution in [2.75, 3.05) is 32.8 Å². The van der Waals surface area contributed by atoms with Crippen molar-refractivity contribution >= 4 is 5.91 Å². The van der Waals surface area contributed by atoms with Gasteiger partial charge >= 0.3 is 0 Å². The van der Waals surface area contributed by atoms with Crippen molar-refractivity contribution in [3.63, 3.8) is 0 Å². The standard InChI is InChI=1S/C14H22N4O2/c1-12-4-9-18(13(12)11-19)10-14(20)17(7-2-5-15)8-3-6-16/h12-13,19H,2-4,7-11H2,1H3. The number of rotatable bonds is 7. The maximum Gasteiger partial charge on any atom is 0.236 e. The molecule has 2 atom stereocenters. The molecular weight excluding hydrogens is 256 g/mol. The van der Waals surface area contributed by atoms with Gasteiger partial charge in [-0.05, 0) is 18.9 Å². The molecule has 1 N–H and O–H groups in total. The Balaban J connectivity index is 2.56. The first-order chi connectivity index (χ1) is 9.63. The third-order valence-electron chi connectivity index (χ3n) is 3.86. The minimum absolute atomic E-state index is 0.0349. The fourth-order valence-electron chi connectivity index (χ4n) is 2.58. The van der Waals surface area contributed by atoms with Gasteiger partial charge in [0, 0.05) is 19.1 Å². The summed E-state index contributed by atoms with van der Waals surface area (Å²) in [6.45, 7) is 3.93. The average molecular weight is 278 g/mol. The van der Waals surface area contributed by atoms with E-state index >= 15 is 0 Å². The Bertz CT molecular complexity index is 381. The molecule has 0 bridgehead atoms. The van der Waals surface area contributed by atoms with Gasteiger partial charge in [0.2, 0.25) is 5.91 Å². The summed E-state index contributed by atoms with van der Waals surface area (Å²) in [6, 6.07) is 4.07. The van der Waals surface area contributed by atoms with Gasteiger partial charge in [0.25, 0.3) is 0 Å². The van der Waals surface area contributed by atoms with Gasteiger partial charge in [0.1, 0.15) is 0 Å². The van der Waals surface area contributed by atoms with Crippen LogP contribution in [0.25, 0.3) is 0 Å². The van der Waals surface area contributed by atoms with E-state index in [2.05, 4.69) is 6.92 Å². The molecule has 2 unspecified atom stereocenters. The van der Waals surface area contributed by atoms with Gasteiger partial charge in [-0.2, -0.15) is 10.5 Å². The number of amides is 1. The summed E-state index contributed by atoms with van der Waals surface area (Å²) in [7, 11) is 0. The van der Waals surface area contributed by atoms with Crippen molar-refractivity contribution in [3.8, 4) is 12.1 Å². The van der Waals surface area contributed by atoms with Gasteiger partial charge in [0.15, 0.2) is 0 Å². The van der Waals surface area contributed by atoms with E-state index in [0.29, 0.717) is 19.0 Å². The highest BCUT2D eigenvalue weighted by molar-refractivity contribution is 5.78. The summed E-state index contributed by atoms with van der Waals surface area (Å²) in [4.78, 5) is 15.8. The minimum atomic E-state index is -0.0666. The lowest BCUT2D eigenvalue weighted by Crippen LogP contribution is -2.44. The molecular formula is C14H22N4O2. The first-order valence-corrected chi connectivity index (χ1v) is 7.00. The quantitative estimate of drug-likeness (QED) is 0.725. The van der Waals surface area contributed by atoms with Crippen LogP contribution >= 0.6 is 0 Å². The zero-order valence-corrected chi connectivity index (χ0v) is 12.0. The molecule has 0 aliphatic carbocycles. The Kier molecular flexibility index (Phi) is 7.00. The Labute approximate surface area is 120 Å². The summed E-state index contributed by atoms with van der Waals surface area (Å²) in [5, 5.41) is 26.6. The topological polar surface area (TPSA) is 91.4 Å². The number of nitrogens with zero attached hydrogens (tertiary/aromatic N) is 4. The number of aliphatic hydroxyl groups is 1. The lowest BCUT2D eigenvalue weighted by molar-refractivity contribution is -0.132. The SMILES string of the molecule is CC1CCN(CC(=O)N(CCC#N)CCC#N)C1CO. The van der Waals surface area contributed by atoms with E-state index in [1.54, 1.807) is 4.90 Å². The van der Waals surface area contributed by atoms with Crippen molar-refractivity contribution in [3.05, 3.63) is 0 Å². The van der Waals surface area contributed by atoms with Crippen LogP contribution in [0.15, 0.2) is 0 Å². The molecule has 1 fully saturated rings. The summed E-state index contributed by atoms with van der Waals surface area (Å²) in [5.41, 5.74) is 0. The molecule has 110 valence electrons. The molecule has 0 aromatic carbocycles. The van der Waals surface area contributed by atoms with E-state index < -0.39 is 0 Å². The summed E-state index contributed by atoms with van der Waals surface area (Å²) in [5.74, 6) is 0.322. The van der Waals surface area contributed by atoms with Crippen LogP contribution in [-0.4, -0.2) is 59.6 Å². The van der Waals surface area contributed by atoms with E-state index in [4.69, 9.17) is 10.5 Å². The highest BCUT2D eigenvalue weighted by Gasteiger charge is 2.32. The van der Waals surface area contributed by atoms with E-state index in [0.717, 1.165) is 13.0 Å². The van der Waals surface area contributed by atoms with Crippen LogP contribution in [0.4, 0.5) is 0 Å². The monoisotopic (exact) mass is 278 g/mol. The predicted molar refractivity (Wildman–Crippen MR) is 73.3 cm³/mol. The smallest absolute Gasteiger partial charge is 0.236 e. The zero-order valence-electron chi connectivity index (χ0n) is 12.0. The summed E-state index contributed by atoms with van der Waals surface area (Å²) in [6.07, 6.45) is 1.53. The van der Waals surface area contributed by atoms with Crippen molar-refractivity contribution < 1.29 is 9.90 Å². The molecule has 0 spiro atoms. The van der Waals surface area contributed by atoms with Crippen molar-refractivity contribution in [2.45, 2.75) is 32.2 Å². The van der Waals surface area contributed by atoms with E-state index in [1.807, 2.05) is 17.0 Å². The third-order valence-corrected chi connectivity index (χ3v) is 3.86. The first kappa shape index (κ1) is 16.4. The van der Waals surface area contributed by atoms with Gasteiger partial charge in [-0.3, -0.25) is 9.69 Å². The van der Waals surface area contributed by atoms with E-state index in [1.165, 1.54) is 0 Å². The number of aliphatic hydroxyl groups excluding tert-OH is 1. The van der Waals surface area contributed by atoms with Gasteiger partial charge in [-0.1, -0.05) is 6.92 Å². The lowest BCUT2D eigenvalue weighted by atomic mass is 10.0. The maximum atomic E-state index is 12.3. The minimum Gasteiger partial charge on any atom is -0.395 e. The number of likely N-dealkylation sites (tertiary alicyclic amines) is 1. The van der Waals surface area contributed by atoms with Gasteiger partial charge in [-0.25, -0.2) is 0 Å². The first-order valence-electron chi connectivity index (χ1n) is 7.00. The second kappa shape index (κ2) is 8.52. The van der Waals surface area contributed by atoms with Crippen LogP contribution in [0.2, 0.25) is 0 Å². The highest BCUT2D eigenvalue weighted by atomic mass is 16.3. The van der Waals surface area contributed by atoms with Gasteiger partial charge in [0.05, 0.1) is 38.1 Å². The normalized spacial score (nSPS) is 22.2. The van der Waals surface area contributed by atoms with Gasteiger partial charge in [-0.15, -0.1) is 0 Å². The molecule has 6 heteroatoms. The molecule has 1 aliphatic heterocycles. The van der Waals surface area contributed by atoms with Crippen LogP contribution in [-0.2, 0) is 4.79 Å². The molecule has 20 heavy (non-hydrogen) atoms. The molecule has 0 aromatic rings. The van der Waals surface area contributed by atoms with Crippen LogP contribution < -0.4 is 0 Å². The number of hydrogen-bond acceptors (Lipinski definition) is 5. The summed E-state index contributed by atoms with van der Waals surface area (Å²) >= 11 is 0. The number of carbonyl (C=O) groups excluding carboxylic acids is 1. The fraction of sp³-hybridized carbons (Fsp3) is 0.786. The average Bonchev–Trinajstić information content (AvgIpc) is 2.79. The second-order valence-electron chi connectivity index (χ2n) is 5.18.